The Bertz CT molecular complexity index is 619. The molecule has 6 heteroatoms. The lowest BCUT2D eigenvalue weighted by molar-refractivity contribution is 0.0550. The van der Waals surface area contributed by atoms with Crippen LogP contribution in [0.25, 0.3) is 0 Å². The van der Waals surface area contributed by atoms with E-state index in [9.17, 15) is 9.59 Å². The van der Waals surface area contributed by atoms with Crippen molar-refractivity contribution in [1.29, 1.82) is 0 Å². The second-order valence-electron chi connectivity index (χ2n) is 6.98. The van der Waals surface area contributed by atoms with E-state index in [1.54, 1.807) is 0 Å². The third-order valence-corrected chi connectivity index (χ3v) is 5.46. The highest BCUT2D eigenvalue weighted by atomic mass is 35.5. The van der Waals surface area contributed by atoms with Gasteiger partial charge >= 0.3 is 0 Å². The number of rotatable bonds is 1. The zero-order valence-corrected chi connectivity index (χ0v) is 14.0. The number of amides is 1. The van der Waals surface area contributed by atoms with Crippen LogP contribution in [0.2, 0.25) is 0 Å². The number of aryl methyl sites for hydroxylation is 1. The first kappa shape index (κ1) is 16.5. The van der Waals surface area contributed by atoms with E-state index < -0.39 is 0 Å². The highest BCUT2D eigenvalue weighted by molar-refractivity contribution is 6.09. The highest BCUT2D eigenvalue weighted by Gasteiger charge is 2.40. The molecule has 2 fully saturated rings. The smallest absolute Gasteiger partial charge is 0.257 e. The van der Waals surface area contributed by atoms with E-state index in [2.05, 4.69) is 5.32 Å². The normalized spacial score (nSPS) is 27.0. The zero-order chi connectivity index (χ0) is 15.2. The molecule has 0 bridgehead atoms. The lowest BCUT2D eigenvalue weighted by atomic mass is 9.79. The minimum absolute atomic E-state index is 0. The van der Waals surface area contributed by atoms with Crippen molar-refractivity contribution >= 4 is 24.1 Å². The first-order chi connectivity index (χ1) is 10.7. The number of hydrogen-bond acceptors (Lipinski definition) is 4. The van der Waals surface area contributed by atoms with Gasteiger partial charge in [-0.15, -0.1) is 12.4 Å². The van der Waals surface area contributed by atoms with Crippen LogP contribution in [0, 0.1) is 5.41 Å². The van der Waals surface area contributed by atoms with Gasteiger partial charge in [-0.3, -0.25) is 9.59 Å². The van der Waals surface area contributed by atoms with E-state index in [1.807, 2.05) is 4.90 Å². The molecular formula is C17H23ClN2O3. The van der Waals surface area contributed by atoms with E-state index in [0.29, 0.717) is 23.3 Å². The van der Waals surface area contributed by atoms with Crippen LogP contribution >= 0.6 is 12.4 Å². The van der Waals surface area contributed by atoms with Gasteiger partial charge in [-0.2, -0.15) is 0 Å². The number of ketones is 1. The van der Waals surface area contributed by atoms with Crippen LogP contribution in [-0.4, -0.2) is 42.8 Å². The second kappa shape index (κ2) is 6.29. The molecule has 1 amide bonds. The molecule has 1 aromatic rings. The lowest BCUT2D eigenvalue weighted by Crippen LogP contribution is -2.47. The molecule has 5 nitrogen and oxygen atoms in total. The van der Waals surface area contributed by atoms with Crippen molar-refractivity contribution in [2.24, 2.45) is 5.41 Å². The molecule has 1 atom stereocenters. The van der Waals surface area contributed by atoms with E-state index in [-0.39, 0.29) is 29.5 Å². The number of hydrogen-bond donors (Lipinski definition) is 1. The lowest BCUT2D eigenvalue weighted by Gasteiger charge is -2.40. The fraction of sp³-hybridized carbons (Fsp3) is 0.647. The topological polar surface area (TPSA) is 62.6 Å². The fourth-order valence-electron chi connectivity index (χ4n) is 4.28. The maximum absolute atomic E-state index is 12.9. The van der Waals surface area contributed by atoms with Crippen molar-refractivity contribution in [3.63, 3.8) is 0 Å². The molecule has 2 aliphatic heterocycles. The summed E-state index contributed by atoms with van der Waals surface area (Å²) in [6.07, 6.45) is 6.99. The van der Waals surface area contributed by atoms with Gasteiger partial charge in [0, 0.05) is 37.9 Å². The van der Waals surface area contributed by atoms with Crippen molar-refractivity contribution in [3.05, 3.63) is 23.2 Å². The number of furan rings is 1. The molecule has 23 heavy (non-hydrogen) atoms. The molecule has 126 valence electrons. The summed E-state index contributed by atoms with van der Waals surface area (Å²) >= 11 is 0. The van der Waals surface area contributed by atoms with Crippen LogP contribution in [0.5, 0.6) is 0 Å². The van der Waals surface area contributed by atoms with Gasteiger partial charge in [0.05, 0.1) is 11.1 Å². The summed E-state index contributed by atoms with van der Waals surface area (Å²) in [5.74, 6) is 0.743. The summed E-state index contributed by atoms with van der Waals surface area (Å²) in [6, 6.07) is 0. The van der Waals surface area contributed by atoms with Crippen molar-refractivity contribution in [2.75, 3.05) is 26.2 Å². The number of fused-ring (bicyclic) bond motifs is 1. The predicted octanol–water partition coefficient (Wildman–Crippen LogP) is 2.44. The SMILES string of the molecule is Cl.O=C1CCCc2occ(C(=O)N3CCCC4(CCNC4)C3)c21. The predicted molar refractivity (Wildman–Crippen MR) is 88.3 cm³/mol. The number of likely N-dealkylation sites (tertiary alicyclic amines) is 1. The second-order valence-corrected chi connectivity index (χ2v) is 6.98. The summed E-state index contributed by atoms with van der Waals surface area (Å²) in [5, 5.41) is 3.42. The molecule has 0 aromatic carbocycles. The largest absolute Gasteiger partial charge is 0.468 e. The molecule has 1 unspecified atom stereocenters. The minimum Gasteiger partial charge on any atom is -0.468 e. The summed E-state index contributed by atoms with van der Waals surface area (Å²) in [5.41, 5.74) is 1.28. The molecule has 3 heterocycles. The number of nitrogens with one attached hydrogen (secondary N) is 1. The molecule has 3 aliphatic rings. The van der Waals surface area contributed by atoms with E-state index in [1.165, 1.54) is 12.7 Å². The number of piperidine rings is 1. The van der Waals surface area contributed by atoms with Gasteiger partial charge in [0.15, 0.2) is 5.78 Å². The van der Waals surface area contributed by atoms with Gasteiger partial charge in [-0.1, -0.05) is 0 Å². The molecule has 0 saturated carbocycles. The molecular weight excluding hydrogens is 316 g/mol. The summed E-state index contributed by atoms with van der Waals surface area (Å²) in [7, 11) is 0. The van der Waals surface area contributed by atoms with E-state index in [4.69, 9.17) is 4.42 Å². The number of halogens is 1. The van der Waals surface area contributed by atoms with E-state index in [0.717, 1.165) is 51.9 Å². The Hall–Kier alpha value is -1.33. The Morgan fingerprint density at radius 1 is 1.26 bits per heavy atom. The first-order valence-corrected chi connectivity index (χ1v) is 8.32. The van der Waals surface area contributed by atoms with Gasteiger partial charge in [0.1, 0.15) is 12.0 Å². The van der Waals surface area contributed by atoms with E-state index >= 15 is 0 Å². The molecule has 4 rings (SSSR count). The van der Waals surface area contributed by atoms with Crippen molar-refractivity contribution < 1.29 is 14.0 Å². The third kappa shape index (κ3) is 2.81. The molecule has 0 radical (unpaired) electrons. The molecule has 1 spiro atoms. The van der Waals surface area contributed by atoms with Crippen LogP contribution in [-0.2, 0) is 6.42 Å². The average molecular weight is 339 g/mol. The van der Waals surface area contributed by atoms with Crippen LogP contribution in [0.1, 0.15) is 58.6 Å². The third-order valence-electron chi connectivity index (χ3n) is 5.46. The Kier molecular flexibility index (Phi) is 4.52. The van der Waals surface area contributed by atoms with Gasteiger partial charge in [-0.05, 0) is 32.2 Å². The monoisotopic (exact) mass is 338 g/mol. The maximum Gasteiger partial charge on any atom is 0.257 e. The Morgan fingerprint density at radius 2 is 2.13 bits per heavy atom. The van der Waals surface area contributed by atoms with Crippen LogP contribution in [0.15, 0.2) is 10.7 Å². The van der Waals surface area contributed by atoms with Crippen LogP contribution in [0.4, 0.5) is 0 Å². The van der Waals surface area contributed by atoms with Gasteiger partial charge in [0.2, 0.25) is 0 Å². The van der Waals surface area contributed by atoms with Gasteiger partial charge < -0.3 is 14.6 Å². The Labute approximate surface area is 142 Å². The van der Waals surface area contributed by atoms with Crippen molar-refractivity contribution in [3.8, 4) is 0 Å². The van der Waals surface area contributed by atoms with Gasteiger partial charge in [0.25, 0.3) is 5.91 Å². The summed E-state index contributed by atoms with van der Waals surface area (Å²) < 4.78 is 5.51. The number of Topliss-reactive ketones (excluding diaryl/α,β-unsaturated/α-hetero) is 1. The molecule has 1 aliphatic carbocycles. The van der Waals surface area contributed by atoms with Crippen molar-refractivity contribution in [2.45, 2.75) is 38.5 Å². The Balaban J connectivity index is 0.00000156. The standard InChI is InChI=1S/C17H22N2O3.ClH/c20-13-3-1-4-14-15(13)12(9-22-14)16(21)19-8-2-5-17(11-19)6-7-18-10-17;/h9,18H,1-8,10-11H2;1H. The molecule has 2 saturated heterocycles. The number of nitrogens with zero attached hydrogens (tertiary/aromatic N) is 1. The van der Waals surface area contributed by atoms with Crippen LogP contribution in [0.3, 0.4) is 0 Å². The fourth-order valence-corrected chi connectivity index (χ4v) is 4.28. The van der Waals surface area contributed by atoms with Crippen LogP contribution < -0.4 is 5.32 Å². The van der Waals surface area contributed by atoms with Crippen molar-refractivity contribution in [1.82, 2.24) is 10.2 Å². The highest BCUT2D eigenvalue weighted by Crippen LogP contribution is 2.36. The average Bonchev–Trinajstić information content (AvgIpc) is 3.15. The first-order valence-electron chi connectivity index (χ1n) is 8.32. The maximum atomic E-state index is 12.9. The molecule has 1 N–H and O–H groups in total. The summed E-state index contributed by atoms with van der Waals surface area (Å²) in [4.78, 5) is 27.0. The van der Waals surface area contributed by atoms with Gasteiger partial charge in [-0.25, -0.2) is 0 Å². The number of carbonyl (C=O) groups excluding carboxylic acids is 2. The quantitative estimate of drug-likeness (QED) is 0.854. The summed E-state index contributed by atoms with van der Waals surface area (Å²) in [6.45, 7) is 3.63. The minimum atomic E-state index is -0.0220. The molecule has 1 aromatic heterocycles. The number of carbonyl (C=O) groups is 2. The Morgan fingerprint density at radius 3 is 2.91 bits per heavy atom. The zero-order valence-electron chi connectivity index (χ0n) is 13.2.